The van der Waals surface area contributed by atoms with E-state index in [0.717, 1.165) is 5.56 Å². The molecule has 0 unspecified atom stereocenters. The molecule has 100 valence electrons. The van der Waals surface area contributed by atoms with Gasteiger partial charge in [0.05, 0.1) is 12.7 Å². The van der Waals surface area contributed by atoms with Gasteiger partial charge in [-0.05, 0) is 41.8 Å². The minimum Gasteiger partial charge on any atom is -0.497 e. The second kappa shape index (κ2) is 4.96. The predicted molar refractivity (Wildman–Crippen MR) is 68.2 cm³/mol. The number of benzene rings is 2. The first-order valence-corrected chi connectivity index (χ1v) is 5.74. The van der Waals surface area contributed by atoms with Gasteiger partial charge in [0.2, 0.25) is 0 Å². The van der Waals surface area contributed by atoms with Crippen molar-refractivity contribution < 1.29 is 17.9 Å². The molecule has 0 spiro atoms. The van der Waals surface area contributed by atoms with Crippen LogP contribution >= 0.6 is 0 Å². The van der Waals surface area contributed by atoms with Crippen LogP contribution in [0.5, 0.6) is 5.75 Å². The number of methoxy groups -OCH3 is 1. The first kappa shape index (κ1) is 13.5. The zero-order valence-corrected chi connectivity index (χ0v) is 10.6. The lowest BCUT2D eigenvalue weighted by Gasteiger charge is -2.12. The summed E-state index contributed by atoms with van der Waals surface area (Å²) in [5.74, 6) is 0.673. The largest absolute Gasteiger partial charge is 0.497 e. The highest BCUT2D eigenvalue weighted by Gasteiger charge is 2.32. The van der Waals surface area contributed by atoms with Crippen molar-refractivity contribution in [1.82, 2.24) is 0 Å². The molecule has 0 fully saturated rings. The van der Waals surface area contributed by atoms with Crippen LogP contribution in [0.15, 0.2) is 42.5 Å². The van der Waals surface area contributed by atoms with Gasteiger partial charge in [-0.3, -0.25) is 0 Å². The van der Waals surface area contributed by atoms with E-state index in [1.807, 2.05) is 0 Å². The molecule has 0 amide bonds. The monoisotopic (exact) mass is 266 g/mol. The number of hydrogen-bond acceptors (Lipinski definition) is 1. The van der Waals surface area contributed by atoms with Gasteiger partial charge in [-0.2, -0.15) is 13.2 Å². The molecule has 0 bridgehead atoms. The number of rotatable bonds is 2. The Hall–Kier alpha value is -1.97. The fourth-order valence-electron chi connectivity index (χ4n) is 1.89. The quantitative estimate of drug-likeness (QED) is 0.766. The van der Waals surface area contributed by atoms with Crippen molar-refractivity contribution in [2.24, 2.45) is 0 Å². The molecule has 0 aromatic heterocycles. The topological polar surface area (TPSA) is 9.23 Å². The Balaban J connectivity index is 2.45. The normalized spacial score (nSPS) is 11.4. The zero-order valence-electron chi connectivity index (χ0n) is 10.6. The fraction of sp³-hybridized carbons (Fsp3) is 0.200. The SMILES string of the molecule is COc1ccc(-c2ccc(C)c(C(F)(F)F)c2)cc1. The van der Waals surface area contributed by atoms with E-state index in [-0.39, 0.29) is 5.56 Å². The number of aryl methyl sites for hydroxylation is 1. The minimum absolute atomic E-state index is 0.227. The molecule has 2 aromatic carbocycles. The van der Waals surface area contributed by atoms with Crippen LogP contribution in [-0.2, 0) is 6.18 Å². The van der Waals surface area contributed by atoms with E-state index in [2.05, 4.69) is 0 Å². The molecule has 19 heavy (non-hydrogen) atoms. The van der Waals surface area contributed by atoms with Gasteiger partial charge in [-0.15, -0.1) is 0 Å². The van der Waals surface area contributed by atoms with E-state index >= 15 is 0 Å². The molecule has 2 aromatic rings. The van der Waals surface area contributed by atoms with E-state index in [4.69, 9.17) is 4.74 Å². The molecule has 0 heterocycles. The first-order valence-electron chi connectivity index (χ1n) is 5.74. The molecule has 0 aliphatic rings. The van der Waals surface area contributed by atoms with Gasteiger partial charge in [0.15, 0.2) is 0 Å². The Morgan fingerprint density at radius 3 is 2.00 bits per heavy atom. The van der Waals surface area contributed by atoms with Crippen LogP contribution in [0.1, 0.15) is 11.1 Å². The van der Waals surface area contributed by atoms with Gasteiger partial charge >= 0.3 is 6.18 Å². The van der Waals surface area contributed by atoms with E-state index in [9.17, 15) is 13.2 Å². The van der Waals surface area contributed by atoms with Crippen molar-refractivity contribution in [2.45, 2.75) is 13.1 Å². The maximum absolute atomic E-state index is 12.8. The summed E-state index contributed by atoms with van der Waals surface area (Å²) in [6.45, 7) is 1.46. The smallest absolute Gasteiger partial charge is 0.416 e. The number of hydrogen-bond donors (Lipinski definition) is 0. The van der Waals surface area contributed by atoms with Crippen molar-refractivity contribution >= 4 is 0 Å². The molecular formula is C15H13F3O. The summed E-state index contributed by atoms with van der Waals surface area (Å²) in [5.41, 5.74) is 0.900. The lowest BCUT2D eigenvalue weighted by Crippen LogP contribution is -2.07. The molecular weight excluding hydrogens is 253 g/mol. The Morgan fingerprint density at radius 2 is 1.47 bits per heavy atom. The molecule has 0 saturated heterocycles. The highest BCUT2D eigenvalue weighted by molar-refractivity contribution is 5.65. The van der Waals surface area contributed by atoms with Gasteiger partial charge in [-0.1, -0.05) is 24.3 Å². The van der Waals surface area contributed by atoms with Crippen molar-refractivity contribution in [2.75, 3.05) is 7.11 Å². The molecule has 1 nitrogen and oxygen atoms in total. The lowest BCUT2D eigenvalue weighted by molar-refractivity contribution is -0.138. The van der Waals surface area contributed by atoms with Crippen LogP contribution in [0.2, 0.25) is 0 Å². The Kier molecular flexibility index (Phi) is 3.51. The number of ether oxygens (including phenoxy) is 1. The van der Waals surface area contributed by atoms with Gasteiger partial charge in [0.25, 0.3) is 0 Å². The van der Waals surface area contributed by atoms with Gasteiger partial charge in [0, 0.05) is 0 Å². The highest BCUT2D eigenvalue weighted by atomic mass is 19.4. The van der Waals surface area contributed by atoms with E-state index in [0.29, 0.717) is 11.3 Å². The van der Waals surface area contributed by atoms with E-state index < -0.39 is 11.7 Å². The standard InChI is InChI=1S/C15H13F3O/c1-10-3-4-12(9-14(10)15(16,17)18)11-5-7-13(19-2)8-6-11/h3-9H,1-2H3. The fourth-order valence-corrected chi connectivity index (χ4v) is 1.89. The summed E-state index contributed by atoms with van der Waals surface area (Å²) in [4.78, 5) is 0. The highest BCUT2D eigenvalue weighted by Crippen LogP contribution is 2.34. The van der Waals surface area contributed by atoms with Gasteiger partial charge in [0.1, 0.15) is 5.75 Å². The third kappa shape index (κ3) is 2.89. The van der Waals surface area contributed by atoms with Crippen LogP contribution in [0.25, 0.3) is 11.1 Å². The Labute approximate surface area is 109 Å². The van der Waals surface area contributed by atoms with Crippen LogP contribution in [0.4, 0.5) is 13.2 Å². The average molecular weight is 266 g/mol. The van der Waals surface area contributed by atoms with Crippen molar-refractivity contribution in [3.8, 4) is 16.9 Å². The summed E-state index contributed by atoms with van der Waals surface area (Å²) >= 11 is 0. The number of halogens is 3. The van der Waals surface area contributed by atoms with Gasteiger partial charge in [-0.25, -0.2) is 0 Å². The van der Waals surface area contributed by atoms with Crippen LogP contribution < -0.4 is 4.74 Å². The Bertz CT molecular complexity index is 571. The molecule has 0 saturated carbocycles. The maximum atomic E-state index is 12.8. The second-order valence-electron chi connectivity index (χ2n) is 4.26. The molecule has 0 atom stereocenters. The second-order valence-corrected chi connectivity index (χ2v) is 4.26. The van der Waals surface area contributed by atoms with E-state index in [1.54, 1.807) is 37.4 Å². The number of alkyl halides is 3. The predicted octanol–water partition coefficient (Wildman–Crippen LogP) is 4.69. The molecule has 0 aliphatic carbocycles. The van der Waals surface area contributed by atoms with Crippen molar-refractivity contribution in [1.29, 1.82) is 0 Å². The Morgan fingerprint density at radius 1 is 0.895 bits per heavy atom. The third-order valence-electron chi connectivity index (χ3n) is 2.97. The summed E-state index contributed by atoms with van der Waals surface area (Å²) in [7, 11) is 1.54. The third-order valence-corrected chi connectivity index (χ3v) is 2.97. The lowest BCUT2D eigenvalue weighted by atomic mass is 9.99. The van der Waals surface area contributed by atoms with Crippen molar-refractivity contribution in [3.05, 3.63) is 53.6 Å². The van der Waals surface area contributed by atoms with Crippen LogP contribution in [0.3, 0.4) is 0 Å². The summed E-state index contributed by atoms with van der Waals surface area (Å²) in [6.07, 6.45) is -4.33. The summed E-state index contributed by atoms with van der Waals surface area (Å²) in [5, 5.41) is 0. The van der Waals surface area contributed by atoms with Crippen LogP contribution in [-0.4, -0.2) is 7.11 Å². The minimum atomic E-state index is -4.33. The molecule has 0 aliphatic heterocycles. The average Bonchev–Trinajstić information content (AvgIpc) is 2.38. The molecule has 0 N–H and O–H groups in total. The maximum Gasteiger partial charge on any atom is 0.416 e. The summed E-state index contributed by atoms with van der Waals surface area (Å²) < 4.78 is 43.6. The molecule has 2 rings (SSSR count). The zero-order chi connectivity index (χ0) is 14.0. The van der Waals surface area contributed by atoms with Crippen LogP contribution in [0, 0.1) is 6.92 Å². The van der Waals surface area contributed by atoms with E-state index in [1.165, 1.54) is 19.1 Å². The van der Waals surface area contributed by atoms with Crippen molar-refractivity contribution in [3.63, 3.8) is 0 Å². The van der Waals surface area contributed by atoms with Gasteiger partial charge < -0.3 is 4.74 Å². The molecule has 4 heteroatoms. The molecule has 0 radical (unpaired) electrons. The first-order chi connectivity index (χ1) is 8.91. The summed E-state index contributed by atoms with van der Waals surface area (Å²) in [6, 6.07) is 11.3.